The highest BCUT2D eigenvalue weighted by Crippen LogP contribution is 2.12. The number of carbonyl (C=O) groups is 1. The van der Waals surface area contributed by atoms with Crippen LogP contribution in [0.4, 0.5) is 0 Å². The molecule has 0 aliphatic rings. The maximum absolute atomic E-state index is 11.8. The summed E-state index contributed by atoms with van der Waals surface area (Å²) in [7, 11) is -3.88. The van der Waals surface area contributed by atoms with Gasteiger partial charge >= 0.3 is 0 Å². The first-order valence-electron chi connectivity index (χ1n) is 5.62. The summed E-state index contributed by atoms with van der Waals surface area (Å²) in [5, 5.41) is 0. The van der Waals surface area contributed by atoms with Crippen molar-refractivity contribution in [2.24, 2.45) is 0 Å². The van der Waals surface area contributed by atoms with Gasteiger partial charge in [-0.3, -0.25) is 8.98 Å². The van der Waals surface area contributed by atoms with Crippen LogP contribution in [0.3, 0.4) is 0 Å². The summed E-state index contributed by atoms with van der Waals surface area (Å²) in [6.07, 6.45) is 0. The van der Waals surface area contributed by atoms with Crippen LogP contribution in [0.5, 0.6) is 0 Å². The molecular weight excluding hydrogens is 264 g/mol. The van der Waals surface area contributed by atoms with Crippen LogP contribution in [-0.2, 0) is 14.3 Å². The van der Waals surface area contributed by atoms with Crippen LogP contribution in [0.25, 0.3) is 0 Å². The molecule has 5 heteroatoms. The minimum absolute atomic E-state index is 0.0378. The van der Waals surface area contributed by atoms with E-state index < -0.39 is 16.7 Å². The maximum atomic E-state index is 11.8. The topological polar surface area (TPSA) is 60.4 Å². The van der Waals surface area contributed by atoms with E-state index in [-0.39, 0.29) is 10.7 Å². The fraction of sp³-hybridized carbons (Fsp3) is 0.0714. The van der Waals surface area contributed by atoms with Crippen molar-refractivity contribution < 1.29 is 17.4 Å². The average Bonchev–Trinajstić information content (AvgIpc) is 2.47. The van der Waals surface area contributed by atoms with Crippen LogP contribution in [0.2, 0.25) is 0 Å². The number of hydrogen-bond donors (Lipinski definition) is 0. The van der Waals surface area contributed by atoms with Gasteiger partial charge in [-0.25, -0.2) is 0 Å². The summed E-state index contributed by atoms with van der Waals surface area (Å²) < 4.78 is 28.3. The lowest BCUT2D eigenvalue weighted by Gasteiger charge is -2.04. The molecule has 0 aliphatic carbocycles. The number of ketones is 1. The molecule has 0 atom stereocenters. The monoisotopic (exact) mass is 276 g/mol. The fourth-order valence-electron chi connectivity index (χ4n) is 1.49. The molecular formula is C14H12O4S. The van der Waals surface area contributed by atoms with Crippen molar-refractivity contribution in [2.75, 3.05) is 6.61 Å². The van der Waals surface area contributed by atoms with Crippen LogP contribution in [0.1, 0.15) is 10.4 Å². The van der Waals surface area contributed by atoms with Crippen molar-refractivity contribution >= 4 is 15.9 Å². The second-order valence-corrected chi connectivity index (χ2v) is 5.43. The van der Waals surface area contributed by atoms with Crippen molar-refractivity contribution in [1.29, 1.82) is 0 Å². The maximum Gasteiger partial charge on any atom is 0.297 e. The van der Waals surface area contributed by atoms with Gasteiger partial charge in [0, 0.05) is 5.56 Å². The lowest BCUT2D eigenvalue weighted by Crippen LogP contribution is -2.14. The minimum Gasteiger partial charge on any atom is -0.291 e. The molecule has 0 unspecified atom stereocenters. The summed E-state index contributed by atoms with van der Waals surface area (Å²) in [6.45, 7) is -0.499. The molecule has 0 aromatic heterocycles. The molecule has 0 aliphatic heterocycles. The smallest absolute Gasteiger partial charge is 0.291 e. The Labute approximate surface area is 111 Å². The van der Waals surface area contributed by atoms with Crippen LogP contribution >= 0.6 is 0 Å². The molecule has 0 bridgehead atoms. The number of benzene rings is 2. The summed E-state index contributed by atoms with van der Waals surface area (Å²) in [5.74, 6) is -0.375. The Bertz CT molecular complexity index is 648. The second kappa shape index (κ2) is 5.77. The SMILES string of the molecule is O=C(COS(=O)(=O)c1ccccc1)c1ccccc1. The van der Waals surface area contributed by atoms with Gasteiger partial charge in [-0.1, -0.05) is 48.5 Å². The van der Waals surface area contributed by atoms with E-state index in [9.17, 15) is 13.2 Å². The zero-order valence-electron chi connectivity index (χ0n) is 10.0. The molecule has 98 valence electrons. The van der Waals surface area contributed by atoms with E-state index in [0.29, 0.717) is 5.56 Å². The van der Waals surface area contributed by atoms with Crippen molar-refractivity contribution in [3.63, 3.8) is 0 Å². The van der Waals surface area contributed by atoms with Gasteiger partial charge in [0.2, 0.25) is 0 Å². The molecule has 4 nitrogen and oxygen atoms in total. The van der Waals surface area contributed by atoms with Crippen LogP contribution in [0.15, 0.2) is 65.6 Å². The third-order valence-corrected chi connectivity index (χ3v) is 3.75. The first-order valence-corrected chi connectivity index (χ1v) is 7.03. The van der Waals surface area contributed by atoms with Gasteiger partial charge in [0.25, 0.3) is 10.1 Å². The van der Waals surface area contributed by atoms with E-state index in [1.807, 2.05) is 0 Å². The Morgan fingerprint density at radius 3 is 2.00 bits per heavy atom. The largest absolute Gasteiger partial charge is 0.297 e. The second-order valence-electron chi connectivity index (χ2n) is 3.82. The molecule has 0 saturated carbocycles. The molecule has 0 fully saturated rings. The number of Topliss-reactive ketones (excluding diaryl/α,β-unsaturated/α-hetero) is 1. The van der Waals surface area contributed by atoms with Crippen molar-refractivity contribution in [1.82, 2.24) is 0 Å². The summed E-state index contributed by atoms with van der Waals surface area (Å²) in [4.78, 5) is 11.8. The van der Waals surface area contributed by atoms with E-state index in [1.54, 1.807) is 48.5 Å². The van der Waals surface area contributed by atoms with Crippen LogP contribution in [-0.4, -0.2) is 20.8 Å². The summed E-state index contributed by atoms with van der Waals surface area (Å²) in [6, 6.07) is 16.1. The minimum atomic E-state index is -3.88. The summed E-state index contributed by atoms with van der Waals surface area (Å²) in [5.41, 5.74) is 0.422. The standard InChI is InChI=1S/C14H12O4S/c15-14(12-7-3-1-4-8-12)11-18-19(16,17)13-9-5-2-6-10-13/h1-10H,11H2. The molecule has 19 heavy (non-hydrogen) atoms. The molecule has 0 radical (unpaired) electrons. The molecule has 2 aromatic rings. The number of hydrogen-bond acceptors (Lipinski definition) is 4. The third-order valence-electron chi connectivity index (χ3n) is 2.47. The molecule has 0 N–H and O–H groups in total. The first-order chi connectivity index (χ1) is 9.09. The van der Waals surface area contributed by atoms with Gasteiger partial charge in [-0.15, -0.1) is 0 Å². The molecule has 2 aromatic carbocycles. The predicted octanol–water partition coefficient (Wildman–Crippen LogP) is 2.27. The van der Waals surface area contributed by atoms with E-state index in [1.165, 1.54) is 12.1 Å². The van der Waals surface area contributed by atoms with E-state index in [2.05, 4.69) is 0 Å². The van der Waals surface area contributed by atoms with Crippen molar-refractivity contribution in [2.45, 2.75) is 4.90 Å². The molecule has 0 heterocycles. The Morgan fingerprint density at radius 1 is 0.895 bits per heavy atom. The van der Waals surface area contributed by atoms with Gasteiger partial charge in [0.05, 0.1) is 4.90 Å². The third kappa shape index (κ3) is 3.49. The lowest BCUT2D eigenvalue weighted by atomic mass is 10.1. The zero-order valence-corrected chi connectivity index (χ0v) is 10.8. The molecule has 0 amide bonds. The average molecular weight is 276 g/mol. The predicted molar refractivity (Wildman–Crippen MR) is 70.4 cm³/mol. The quantitative estimate of drug-likeness (QED) is 0.621. The normalized spacial score (nSPS) is 11.2. The Hall–Kier alpha value is -1.98. The Kier molecular flexibility index (Phi) is 4.09. The van der Waals surface area contributed by atoms with Crippen molar-refractivity contribution in [3.05, 3.63) is 66.2 Å². The summed E-state index contributed by atoms with van der Waals surface area (Å²) >= 11 is 0. The Balaban J connectivity index is 2.05. The van der Waals surface area contributed by atoms with Crippen LogP contribution < -0.4 is 0 Å². The highest BCUT2D eigenvalue weighted by atomic mass is 32.2. The van der Waals surface area contributed by atoms with Gasteiger partial charge < -0.3 is 0 Å². The van der Waals surface area contributed by atoms with Crippen molar-refractivity contribution in [3.8, 4) is 0 Å². The van der Waals surface area contributed by atoms with Gasteiger partial charge in [0.15, 0.2) is 5.78 Å². The number of rotatable bonds is 5. The molecule has 2 rings (SSSR count). The molecule has 0 spiro atoms. The zero-order chi connectivity index (χ0) is 13.7. The fourth-order valence-corrected chi connectivity index (χ4v) is 2.38. The van der Waals surface area contributed by atoms with E-state index in [4.69, 9.17) is 4.18 Å². The Morgan fingerprint density at radius 2 is 1.42 bits per heavy atom. The van der Waals surface area contributed by atoms with E-state index >= 15 is 0 Å². The highest BCUT2D eigenvalue weighted by molar-refractivity contribution is 7.86. The number of carbonyl (C=O) groups excluding carboxylic acids is 1. The van der Waals surface area contributed by atoms with E-state index in [0.717, 1.165) is 0 Å². The van der Waals surface area contributed by atoms with Crippen LogP contribution in [0, 0.1) is 0 Å². The highest BCUT2D eigenvalue weighted by Gasteiger charge is 2.17. The lowest BCUT2D eigenvalue weighted by molar-refractivity contribution is 0.0924. The van der Waals surface area contributed by atoms with Gasteiger partial charge in [0.1, 0.15) is 6.61 Å². The van der Waals surface area contributed by atoms with Gasteiger partial charge in [-0.05, 0) is 12.1 Å². The molecule has 0 saturated heterocycles. The first kappa shape index (κ1) is 13.5. The van der Waals surface area contributed by atoms with Gasteiger partial charge in [-0.2, -0.15) is 8.42 Å².